The van der Waals surface area contributed by atoms with E-state index in [1.165, 1.54) is 5.56 Å². The summed E-state index contributed by atoms with van der Waals surface area (Å²) in [6.07, 6.45) is 7.35. The number of nitrogens with one attached hydrogen (secondary N) is 2. The van der Waals surface area contributed by atoms with E-state index >= 15 is 0 Å². The zero-order valence-corrected chi connectivity index (χ0v) is 28.7. The summed E-state index contributed by atoms with van der Waals surface area (Å²) in [6.45, 7) is 8.85. The molecule has 3 aromatic rings. The van der Waals surface area contributed by atoms with Gasteiger partial charge in [-0.05, 0) is 119 Å². The maximum atomic E-state index is 12.4. The van der Waals surface area contributed by atoms with E-state index in [2.05, 4.69) is 44.7 Å². The third-order valence-electron chi connectivity index (χ3n) is 10.6. The highest BCUT2D eigenvalue weighted by molar-refractivity contribution is 6.32. The van der Waals surface area contributed by atoms with E-state index in [9.17, 15) is 14.4 Å². The van der Waals surface area contributed by atoms with Crippen LogP contribution in [0.1, 0.15) is 66.7 Å². The highest BCUT2D eigenvalue weighted by Crippen LogP contribution is 2.37. The second-order valence-corrected chi connectivity index (χ2v) is 13.8. The lowest BCUT2D eigenvalue weighted by atomic mass is 9.88. The molecule has 3 aliphatic rings. The fraction of sp³-hybridized carbons (Fsp3) is 0.486. The first-order valence-corrected chi connectivity index (χ1v) is 17.2. The summed E-state index contributed by atoms with van der Waals surface area (Å²) >= 11 is 6.91. The van der Waals surface area contributed by atoms with Crippen molar-refractivity contribution in [2.45, 2.75) is 76.9 Å². The first kappa shape index (κ1) is 33.2. The Bertz CT molecular complexity index is 1690. The normalized spacial score (nSPS) is 20.3. The van der Waals surface area contributed by atoms with Gasteiger partial charge >= 0.3 is 0 Å². The maximum Gasteiger partial charge on any atom is 0.253 e. The number of hydrogen-bond donors (Lipinski definition) is 2. The summed E-state index contributed by atoms with van der Waals surface area (Å²) in [4.78, 5) is 41.1. The van der Waals surface area contributed by atoms with E-state index in [1.54, 1.807) is 18.7 Å². The zero-order valence-electron chi connectivity index (χ0n) is 27.9. The zero-order chi connectivity index (χ0) is 33.2. The molecule has 3 saturated heterocycles. The number of ether oxygens (including phenoxy) is 1. The second kappa shape index (κ2) is 14.2. The lowest BCUT2D eigenvalue weighted by Gasteiger charge is -2.42. The van der Waals surface area contributed by atoms with Gasteiger partial charge in [-0.25, -0.2) is 0 Å². The number of carbonyl (C=O) groups is 2. The predicted octanol–water partition coefficient (Wildman–Crippen LogP) is 5.39. The van der Waals surface area contributed by atoms with Crippen LogP contribution < -0.4 is 20.9 Å². The topological polar surface area (TPSA) is 95.9 Å². The maximum absolute atomic E-state index is 12.4. The van der Waals surface area contributed by atoms with Gasteiger partial charge < -0.3 is 19.5 Å². The molecule has 2 aromatic carbocycles. The number of anilines is 1. The SMILES string of the molecule is COc1cc(-c2cn(C)c(=O)c(C)c2C)cc(Cl)c1CN1CCC(N2CCC(c3ccc(NC4CCC(=O)NC4=O)cc3)CC2)CC1. The Balaban J connectivity index is 1.00. The largest absolute Gasteiger partial charge is 0.496 e. The van der Waals surface area contributed by atoms with Crippen LogP contribution in [0, 0.1) is 13.8 Å². The smallest absolute Gasteiger partial charge is 0.253 e. The molecule has 1 aromatic heterocycles. The van der Waals surface area contributed by atoms with Gasteiger partial charge in [0.05, 0.1) is 7.11 Å². The van der Waals surface area contributed by atoms with E-state index in [4.69, 9.17) is 16.3 Å². The van der Waals surface area contributed by atoms with Gasteiger partial charge in [0, 0.05) is 59.7 Å². The molecule has 9 nitrogen and oxygen atoms in total. The summed E-state index contributed by atoms with van der Waals surface area (Å²) in [5.74, 6) is 0.882. The number of rotatable bonds is 8. The Labute approximate surface area is 282 Å². The summed E-state index contributed by atoms with van der Waals surface area (Å²) in [6, 6.07) is 12.8. The highest BCUT2D eigenvalue weighted by atomic mass is 35.5. The average Bonchev–Trinajstić information content (AvgIpc) is 3.08. The Morgan fingerprint density at radius 1 is 0.936 bits per heavy atom. The molecule has 4 heterocycles. The molecule has 0 bridgehead atoms. The Morgan fingerprint density at radius 3 is 2.30 bits per heavy atom. The summed E-state index contributed by atoms with van der Waals surface area (Å²) in [5.41, 5.74) is 6.93. The number of hydrogen-bond acceptors (Lipinski definition) is 7. The first-order valence-electron chi connectivity index (χ1n) is 16.8. The molecule has 10 heteroatoms. The van der Waals surface area contributed by atoms with E-state index in [0.717, 1.165) is 97.7 Å². The van der Waals surface area contributed by atoms with Gasteiger partial charge in [0.25, 0.3) is 5.56 Å². The van der Waals surface area contributed by atoms with Crippen LogP contribution in [-0.4, -0.2) is 71.6 Å². The predicted molar refractivity (Wildman–Crippen MR) is 186 cm³/mol. The van der Waals surface area contributed by atoms with Crippen molar-refractivity contribution in [3.8, 4) is 16.9 Å². The van der Waals surface area contributed by atoms with Crippen LogP contribution in [0.4, 0.5) is 5.69 Å². The van der Waals surface area contributed by atoms with Crippen LogP contribution in [0.2, 0.25) is 5.02 Å². The molecule has 6 rings (SSSR count). The Hall–Kier alpha value is -3.66. The van der Waals surface area contributed by atoms with Crippen LogP contribution in [0.15, 0.2) is 47.4 Å². The minimum atomic E-state index is -0.361. The van der Waals surface area contributed by atoms with Crippen LogP contribution in [0.3, 0.4) is 0 Å². The molecule has 0 spiro atoms. The minimum absolute atomic E-state index is 0.0154. The number of piperidine rings is 3. The second-order valence-electron chi connectivity index (χ2n) is 13.4. The number of pyridine rings is 1. The number of likely N-dealkylation sites (tertiary alicyclic amines) is 2. The molecule has 0 radical (unpaired) electrons. The van der Waals surface area contributed by atoms with Crippen LogP contribution in [-0.2, 0) is 23.2 Å². The monoisotopic (exact) mass is 659 g/mol. The minimum Gasteiger partial charge on any atom is -0.496 e. The standard InChI is InChI=1S/C37H46ClN5O4/c1-23-24(2)37(46)41(3)21-30(23)27-19-32(38)31(34(20-27)47-4)22-42-15-13-29(14-16-42)43-17-11-26(12-18-43)25-5-7-28(8-6-25)39-33-9-10-35(44)40-36(33)45/h5-8,19-21,26,29,33,39H,9-18,22H2,1-4H3,(H,40,44,45). The first-order chi connectivity index (χ1) is 22.6. The van der Waals surface area contributed by atoms with Gasteiger partial charge in [-0.15, -0.1) is 0 Å². The lowest BCUT2D eigenvalue weighted by Crippen LogP contribution is -2.47. The van der Waals surface area contributed by atoms with Crippen molar-refractivity contribution < 1.29 is 14.3 Å². The van der Waals surface area contributed by atoms with E-state index < -0.39 is 0 Å². The third kappa shape index (κ3) is 7.27. The van der Waals surface area contributed by atoms with Crippen LogP contribution in [0.5, 0.6) is 5.75 Å². The Kier molecular flexibility index (Phi) is 10.1. The molecule has 47 heavy (non-hydrogen) atoms. The van der Waals surface area contributed by atoms with E-state index in [0.29, 0.717) is 29.8 Å². The van der Waals surface area contributed by atoms with Crippen molar-refractivity contribution in [3.05, 3.63) is 80.2 Å². The molecule has 3 aliphatic heterocycles. The van der Waals surface area contributed by atoms with Crippen molar-refractivity contribution in [1.82, 2.24) is 19.7 Å². The number of halogens is 1. The van der Waals surface area contributed by atoms with E-state index in [-0.39, 0.29) is 23.4 Å². The molecular formula is C37H46ClN5O4. The summed E-state index contributed by atoms with van der Waals surface area (Å²) < 4.78 is 7.47. The molecule has 1 unspecified atom stereocenters. The quantitative estimate of drug-likeness (QED) is 0.313. The molecule has 2 N–H and O–H groups in total. The average molecular weight is 660 g/mol. The van der Waals surface area contributed by atoms with Gasteiger partial charge in [-0.2, -0.15) is 0 Å². The van der Waals surface area contributed by atoms with Gasteiger partial charge in [-0.1, -0.05) is 23.7 Å². The van der Waals surface area contributed by atoms with Crippen LogP contribution >= 0.6 is 11.6 Å². The van der Waals surface area contributed by atoms with E-state index in [1.807, 2.05) is 32.2 Å². The number of nitrogens with zero attached hydrogens (tertiary/aromatic N) is 3. The number of carbonyl (C=O) groups excluding carboxylic acids is 2. The molecule has 1 atom stereocenters. The van der Waals surface area contributed by atoms with Gasteiger partial charge in [0.1, 0.15) is 11.8 Å². The fourth-order valence-electron chi connectivity index (χ4n) is 7.52. The van der Waals surface area contributed by atoms with Crippen molar-refractivity contribution in [3.63, 3.8) is 0 Å². The molecule has 0 aliphatic carbocycles. The van der Waals surface area contributed by atoms with Gasteiger partial charge in [0.15, 0.2) is 0 Å². The third-order valence-corrected chi connectivity index (χ3v) is 10.9. The van der Waals surface area contributed by atoms with Gasteiger partial charge in [0.2, 0.25) is 11.8 Å². The number of amides is 2. The lowest BCUT2D eigenvalue weighted by molar-refractivity contribution is -0.133. The molecule has 2 amide bonds. The number of imide groups is 1. The van der Waals surface area contributed by atoms with Crippen molar-refractivity contribution in [2.75, 3.05) is 38.6 Å². The van der Waals surface area contributed by atoms with Crippen molar-refractivity contribution in [2.24, 2.45) is 7.05 Å². The summed E-state index contributed by atoms with van der Waals surface area (Å²) in [5, 5.41) is 6.37. The molecule has 3 fully saturated rings. The highest BCUT2D eigenvalue weighted by Gasteiger charge is 2.30. The number of benzene rings is 2. The number of aryl methyl sites for hydroxylation is 1. The van der Waals surface area contributed by atoms with Crippen molar-refractivity contribution in [1.29, 1.82) is 0 Å². The van der Waals surface area contributed by atoms with Crippen LogP contribution in [0.25, 0.3) is 11.1 Å². The molecule has 250 valence electrons. The number of aromatic nitrogens is 1. The Morgan fingerprint density at radius 2 is 1.64 bits per heavy atom. The molecule has 0 saturated carbocycles. The van der Waals surface area contributed by atoms with Gasteiger partial charge in [-0.3, -0.25) is 24.6 Å². The number of methoxy groups -OCH3 is 1. The summed E-state index contributed by atoms with van der Waals surface area (Å²) in [7, 11) is 3.48. The molecular weight excluding hydrogens is 614 g/mol. The van der Waals surface area contributed by atoms with Crippen molar-refractivity contribution >= 4 is 29.1 Å². The fourth-order valence-corrected chi connectivity index (χ4v) is 7.79.